The number of hydrogen-bond donors (Lipinski definition) is 0. The van der Waals surface area contributed by atoms with E-state index in [2.05, 4.69) is 0 Å². The first-order valence-corrected chi connectivity index (χ1v) is 9.73. The van der Waals surface area contributed by atoms with Gasteiger partial charge in [-0.25, -0.2) is 8.42 Å². The van der Waals surface area contributed by atoms with Crippen molar-refractivity contribution in [3.8, 4) is 5.75 Å². The van der Waals surface area contributed by atoms with Crippen LogP contribution in [0.1, 0.15) is 5.56 Å². The Hall–Kier alpha value is -2.13. The van der Waals surface area contributed by atoms with Crippen molar-refractivity contribution in [1.82, 2.24) is 14.1 Å². The number of piperazine rings is 1. The second kappa shape index (κ2) is 8.30. The van der Waals surface area contributed by atoms with E-state index in [1.54, 1.807) is 41.2 Å². The predicted octanol–water partition coefficient (Wildman–Crippen LogP) is -0.243. The van der Waals surface area contributed by atoms with Crippen LogP contribution in [0.2, 0.25) is 0 Å². The van der Waals surface area contributed by atoms with Crippen molar-refractivity contribution in [2.24, 2.45) is 0 Å². The Morgan fingerprint density at radius 2 is 1.80 bits per heavy atom. The number of nitrogens with zero attached hydrogens (tertiary/aromatic N) is 3. The van der Waals surface area contributed by atoms with Gasteiger partial charge < -0.3 is 14.5 Å². The Balaban J connectivity index is 2.02. The van der Waals surface area contributed by atoms with Crippen LogP contribution in [0.25, 0.3) is 0 Å². The van der Waals surface area contributed by atoms with Crippen LogP contribution in [-0.4, -0.2) is 80.9 Å². The Bertz CT molecular complexity index is 697. The van der Waals surface area contributed by atoms with Crippen molar-refractivity contribution in [2.45, 2.75) is 6.54 Å². The van der Waals surface area contributed by atoms with Crippen molar-refractivity contribution in [2.75, 3.05) is 46.1 Å². The quantitative estimate of drug-likeness (QED) is 0.619. The zero-order chi connectivity index (χ0) is 18.4. The third kappa shape index (κ3) is 5.43. The normalized spacial score (nSPS) is 15.3. The maximum atomic E-state index is 12.4. The molecule has 1 aromatic carbocycles. The average Bonchev–Trinajstić information content (AvgIpc) is 2.61. The van der Waals surface area contributed by atoms with Crippen LogP contribution in [0.15, 0.2) is 24.3 Å². The van der Waals surface area contributed by atoms with Gasteiger partial charge in [-0.1, -0.05) is 12.1 Å². The molecular weight excluding hydrogens is 346 g/mol. The van der Waals surface area contributed by atoms with E-state index in [1.165, 1.54) is 0 Å². The average molecular weight is 369 g/mol. The summed E-state index contributed by atoms with van der Waals surface area (Å²) in [5.41, 5.74) is 0.768. The van der Waals surface area contributed by atoms with E-state index >= 15 is 0 Å². The van der Waals surface area contributed by atoms with Gasteiger partial charge in [0.25, 0.3) is 0 Å². The maximum absolute atomic E-state index is 12.4. The van der Waals surface area contributed by atoms with E-state index < -0.39 is 10.0 Å². The molecule has 0 saturated carbocycles. The zero-order valence-electron chi connectivity index (χ0n) is 14.4. The minimum absolute atomic E-state index is 0.114. The van der Waals surface area contributed by atoms with Crippen LogP contribution >= 0.6 is 0 Å². The number of benzene rings is 1. The molecule has 25 heavy (non-hydrogen) atoms. The summed E-state index contributed by atoms with van der Waals surface area (Å²) in [6, 6.07) is 7.03. The fraction of sp³-hybridized carbons (Fsp3) is 0.500. The summed E-state index contributed by atoms with van der Waals surface area (Å²) in [6.07, 6.45) is 1.85. The second-order valence-corrected chi connectivity index (χ2v) is 7.88. The molecule has 0 aliphatic carbocycles. The molecule has 1 saturated heterocycles. The molecule has 1 heterocycles. The first-order valence-electron chi connectivity index (χ1n) is 7.88. The highest BCUT2D eigenvalue weighted by atomic mass is 32.2. The number of amides is 2. The first-order chi connectivity index (χ1) is 11.8. The number of hydrogen-bond acceptors (Lipinski definition) is 5. The van der Waals surface area contributed by atoms with Gasteiger partial charge in [0.2, 0.25) is 22.3 Å². The fourth-order valence-corrected chi connectivity index (χ4v) is 3.28. The molecule has 0 aromatic heterocycles. The van der Waals surface area contributed by atoms with Gasteiger partial charge in [0.15, 0.2) is 0 Å². The van der Waals surface area contributed by atoms with Gasteiger partial charge in [-0.15, -0.1) is 0 Å². The van der Waals surface area contributed by atoms with Crippen molar-refractivity contribution in [3.63, 3.8) is 0 Å². The topological polar surface area (TPSA) is 87.2 Å². The van der Waals surface area contributed by atoms with Crippen LogP contribution in [0.3, 0.4) is 0 Å². The number of rotatable bonds is 7. The summed E-state index contributed by atoms with van der Waals surface area (Å²) in [4.78, 5) is 26.3. The van der Waals surface area contributed by atoms with Crippen molar-refractivity contribution in [3.05, 3.63) is 29.8 Å². The summed E-state index contributed by atoms with van der Waals surface area (Å²) >= 11 is 0. The SMILES string of the molecule is COc1ccc(CN(CC(=O)N2CCN(C=O)CC2)S(C)(=O)=O)cc1. The molecule has 8 nitrogen and oxygen atoms in total. The van der Waals surface area contributed by atoms with Gasteiger partial charge >= 0.3 is 0 Å². The van der Waals surface area contributed by atoms with E-state index in [1.807, 2.05) is 0 Å². The molecule has 0 atom stereocenters. The van der Waals surface area contributed by atoms with Gasteiger partial charge in [0, 0.05) is 32.7 Å². The maximum Gasteiger partial charge on any atom is 0.238 e. The third-order valence-corrected chi connectivity index (χ3v) is 5.31. The molecular formula is C16H23N3O5S. The molecule has 1 aliphatic heterocycles. The Morgan fingerprint density at radius 3 is 2.28 bits per heavy atom. The number of sulfonamides is 1. The summed E-state index contributed by atoms with van der Waals surface area (Å²) in [6.45, 7) is 1.66. The molecule has 0 radical (unpaired) electrons. The van der Waals surface area contributed by atoms with E-state index in [0.29, 0.717) is 31.9 Å². The number of ether oxygens (including phenoxy) is 1. The fourth-order valence-electron chi connectivity index (χ4n) is 2.55. The monoisotopic (exact) mass is 369 g/mol. The van der Waals surface area contributed by atoms with Crippen LogP contribution in [0.5, 0.6) is 5.75 Å². The summed E-state index contributed by atoms with van der Waals surface area (Å²) in [5.74, 6) is 0.420. The molecule has 2 amide bonds. The van der Waals surface area contributed by atoms with Gasteiger partial charge in [0.1, 0.15) is 5.75 Å². The molecule has 1 fully saturated rings. The summed E-state index contributed by atoms with van der Waals surface area (Å²) < 4.78 is 30.3. The van der Waals surface area contributed by atoms with Crippen molar-refractivity contribution >= 4 is 22.3 Å². The minimum Gasteiger partial charge on any atom is -0.497 e. The molecule has 2 rings (SSSR count). The van der Waals surface area contributed by atoms with Crippen molar-refractivity contribution in [1.29, 1.82) is 0 Å². The number of methoxy groups -OCH3 is 1. The van der Waals surface area contributed by atoms with Crippen LogP contribution in [-0.2, 0) is 26.2 Å². The van der Waals surface area contributed by atoms with E-state index in [4.69, 9.17) is 4.74 Å². The van der Waals surface area contributed by atoms with Crippen LogP contribution < -0.4 is 4.74 Å². The molecule has 9 heteroatoms. The highest BCUT2D eigenvalue weighted by Gasteiger charge is 2.26. The van der Waals surface area contributed by atoms with E-state index in [-0.39, 0.29) is 19.0 Å². The molecule has 0 N–H and O–H groups in total. The smallest absolute Gasteiger partial charge is 0.238 e. The zero-order valence-corrected chi connectivity index (χ0v) is 15.2. The Morgan fingerprint density at radius 1 is 1.20 bits per heavy atom. The molecule has 1 aromatic rings. The second-order valence-electron chi connectivity index (χ2n) is 5.90. The summed E-state index contributed by atoms with van der Waals surface area (Å²) in [5, 5.41) is 0. The first kappa shape index (κ1) is 19.2. The van der Waals surface area contributed by atoms with E-state index in [0.717, 1.165) is 22.5 Å². The number of carbonyl (C=O) groups excluding carboxylic acids is 2. The molecule has 0 spiro atoms. The number of carbonyl (C=O) groups is 2. The lowest BCUT2D eigenvalue weighted by Crippen LogP contribution is -2.51. The largest absolute Gasteiger partial charge is 0.497 e. The lowest BCUT2D eigenvalue weighted by atomic mass is 10.2. The lowest BCUT2D eigenvalue weighted by molar-refractivity contribution is -0.135. The van der Waals surface area contributed by atoms with Gasteiger partial charge in [-0.05, 0) is 17.7 Å². The Labute approximate surface area is 148 Å². The van der Waals surface area contributed by atoms with Crippen molar-refractivity contribution < 1.29 is 22.7 Å². The Kier molecular flexibility index (Phi) is 6.38. The molecule has 0 unspecified atom stereocenters. The highest BCUT2D eigenvalue weighted by molar-refractivity contribution is 7.88. The third-order valence-electron chi connectivity index (χ3n) is 4.11. The molecule has 0 bridgehead atoms. The predicted molar refractivity (Wildman–Crippen MR) is 92.5 cm³/mol. The lowest BCUT2D eigenvalue weighted by Gasteiger charge is -2.33. The van der Waals surface area contributed by atoms with Gasteiger partial charge in [-0.2, -0.15) is 4.31 Å². The van der Waals surface area contributed by atoms with Crippen LogP contribution in [0, 0.1) is 0 Å². The van der Waals surface area contributed by atoms with Gasteiger partial charge in [0.05, 0.1) is 19.9 Å². The van der Waals surface area contributed by atoms with Crippen LogP contribution in [0.4, 0.5) is 0 Å². The minimum atomic E-state index is -3.54. The summed E-state index contributed by atoms with van der Waals surface area (Å²) in [7, 11) is -1.98. The van der Waals surface area contributed by atoms with E-state index in [9.17, 15) is 18.0 Å². The highest BCUT2D eigenvalue weighted by Crippen LogP contribution is 2.15. The standard InChI is InChI=1S/C16H23N3O5S/c1-24-15-5-3-14(4-6-15)11-19(25(2,22)23)12-16(21)18-9-7-17(13-20)8-10-18/h3-6,13H,7-12H2,1-2H3. The molecule has 1 aliphatic rings. The molecule has 138 valence electrons. The van der Waals surface area contributed by atoms with Gasteiger partial charge in [-0.3, -0.25) is 9.59 Å².